The fraction of sp³-hybridized carbons (Fsp3) is 0.0769. The summed E-state index contributed by atoms with van der Waals surface area (Å²) in [6.45, 7) is 3.97. The highest BCUT2D eigenvalue weighted by Gasteiger charge is 2.31. The van der Waals surface area contributed by atoms with E-state index in [0.29, 0.717) is 34.3 Å². The summed E-state index contributed by atoms with van der Waals surface area (Å²) in [7, 11) is 0. The summed E-state index contributed by atoms with van der Waals surface area (Å²) in [6.07, 6.45) is 1.64. The van der Waals surface area contributed by atoms with Crippen LogP contribution >= 0.6 is 11.6 Å². The standard InChI is InChI=1S/C26H19ClN2O4/c1-2-12-31-19-8-6-16(7-9-19)26(30)32-20-10-11-21-23(14-20)33-25(29)22(15-28)24(21)17-4-3-5-18(27)13-17/h2-11,13-14,24H,1,12,29H2. The van der Waals surface area contributed by atoms with Crippen LogP contribution in [0.3, 0.4) is 0 Å². The highest BCUT2D eigenvalue weighted by molar-refractivity contribution is 6.30. The molecule has 0 radical (unpaired) electrons. The van der Waals surface area contributed by atoms with E-state index in [2.05, 4.69) is 12.6 Å². The van der Waals surface area contributed by atoms with Crippen LogP contribution in [-0.4, -0.2) is 12.6 Å². The van der Waals surface area contributed by atoms with Crippen molar-refractivity contribution in [2.24, 2.45) is 5.73 Å². The number of benzene rings is 3. The number of rotatable bonds is 6. The zero-order chi connectivity index (χ0) is 23.4. The molecule has 3 aromatic carbocycles. The lowest BCUT2D eigenvalue weighted by Gasteiger charge is -2.26. The summed E-state index contributed by atoms with van der Waals surface area (Å²) in [6, 6.07) is 20.9. The number of halogens is 1. The molecule has 0 spiro atoms. The Kier molecular flexibility index (Phi) is 6.34. The minimum atomic E-state index is -0.534. The Hall–Kier alpha value is -4.21. The minimum absolute atomic E-state index is 0.00596. The lowest BCUT2D eigenvalue weighted by atomic mass is 9.83. The summed E-state index contributed by atoms with van der Waals surface area (Å²) in [5, 5.41) is 10.2. The molecule has 3 aromatic rings. The predicted molar refractivity (Wildman–Crippen MR) is 124 cm³/mol. The zero-order valence-corrected chi connectivity index (χ0v) is 18.2. The molecule has 1 unspecified atom stereocenters. The monoisotopic (exact) mass is 458 g/mol. The van der Waals surface area contributed by atoms with E-state index in [-0.39, 0.29) is 17.2 Å². The topological polar surface area (TPSA) is 94.6 Å². The Morgan fingerprint density at radius 3 is 2.61 bits per heavy atom. The van der Waals surface area contributed by atoms with Gasteiger partial charge in [-0.25, -0.2) is 4.79 Å². The molecule has 2 N–H and O–H groups in total. The first kappa shape index (κ1) is 22.0. The molecule has 0 amide bonds. The highest BCUT2D eigenvalue weighted by atomic mass is 35.5. The van der Waals surface area contributed by atoms with E-state index >= 15 is 0 Å². The summed E-state index contributed by atoms with van der Waals surface area (Å²) in [5.74, 6) is 0.308. The van der Waals surface area contributed by atoms with Crippen molar-refractivity contribution >= 4 is 17.6 Å². The smallest absolute Gasteiger partial charge is 0.343 e. The third kappa shape index (κ3) is 4.69. The molecule has 1 aliphatic heterocycles. The molecule has 6 nitrogen and oxygen atoms in total. The number of ether oxygens (including phenoxy) is 3. The molecular formula is C26H19ClN2O4. The number of esters is 1. The number of carbonyl (C=O) groups excluding carboxylic acids is 1. The van der Waals surface area contributed by atoms with Crippen LogP contribution < -0.4 is 19.9 Å². The Morgan fingerprint density at radius 2 is 1.91 bits per heavy atom. The lowest BCUT2D eigenvalue weighted by molar-refractivity contribution is 0.0734. The van der Waals surface area contributed by atoms with Crippen LogP contribution in [0.1, 0.15) is 27.4 Å². The molecule has 1 heterocycles. The first-order valence-electron chi connectivity index (χ1n) is 10.0. The number of hydrogen-bond acceptors (Lipinski definition) is 6. The lowest BCUT2D eigenvalue weighted by Crippen LogP contribution is -2.21. The maximum Gasteiger partial charge on any atom is 0.343 e. The van der Waals surface area contributed by atoms with E-state index < -0.39 is 11.9 Å². The average molecular weight is 459 g/mol. The van der Waals surface area contributed by atoms with Crippen molar-refractivity contribution in [2.75, 3.05) is 6.61 Å². The van der Waals surface area contributed by atoms with Crippen molar-refractivity contribution in [3.05, 3.63) is 113 Å². The van der Waals surface area contributed by atoms with Gasteiger partial charge in [0, 0.05) is 16.7 Å². The van der Waals surface area contributed by atoms with Crippen LogP contribution in [0, 0.1) is 11.3 Å². The summed E-state index contributed by atoms with van der Waals surface area (Å²) in [5.41, 5.74) is 8.20. The van der Waals surface area contributed by atoms with Gasteiger partial charge in [-0.3, -0.25) is 0 Å². The Morgan fingerprint density at radius 1 is 1.15 bits per heavy atom. The zero-order valence-electron chi connectivity index (χ0n) is 17.5. The molecule has 0 saturated heterocycles. The maximum atomic E-state index is 12.6. The van der Waals surface area contributed by atoms with Crippen molar-refractivity contribution < 1.29 is 19.0 Å². The molecule has 33 heavy (non-hydrogen) atoms. The van der Waals surface area contributed by atoms with E-state index in [1.807, 2.05) is 12.1 Å². The second-order valence-electron chi connectivity index (χ2n) is 7.19. The van der Waals surface area contributed by atoms with E-state index in [1.165, 1.54) is 0 Å². The quantitative estimate of drug-likeness (QED) is 0.304. The second kappa shape index (κ2) is 9.51. The van der Waals surface area contributed by atoms with Crippen molar-refractivity contribution in [3.8, 4) is 23.3 Å². The van der Waals surface area contributed by atoms with Crippen LogP contribution in [0.25, 0.3) is 0 Å². The molecule has 0 aliphatic carbocycles. The van der Waals surface area contributed by atoms with Gasteiger partial charge in [0.2, 0.25) is 5.88 Å². The third-order valence-corrected chi connectivity index (χ3v) is 5.28. The molecular weight excluding hydrogens is 440 g/mol. The van der Waals surface area contributed by atoms with Gasteiger partial charge in [-0.15, -0.1) is 0 Å². The van der Waals surface area contributed by atoms with Crippen LogP contribution in [0.4, 0.5) is 0 Å². The fourth-order valence-electron chi connectivity index (χ4n) is 3.54. The van der Waals surface area contributed by atoms with Gasteiger partial charge in [0.25, 0.3) is 0 Å². The predicted octanol–water partition coefficient (Wildman–Crippen LogP) is 5.34. The number of carbonyl (C=O) groups is 1. The average Bonchev–Trinajstić information content (AvgIpc) is 2.82. The molecule has 1 atom stereocenters. The maximum absolute atomic E-state index is 12.6. The first-order chi connectivity index (χ1) is 16.0. The highest BCUT2D eigenvalue weighted by Crippen LogP contribution is 2.43. The molecule has 164 valence electrons. The Bertz CT molecular complexity index is 1290. The fourth-order valence-corrected chi connectivity index (χ4v) is 3.74. The second-order valence-corrected chi connectivity index (χ2v) is 7.63. The van der Waals surface area contributed by atoms with Gasteiger partial charge in [0.15, 0.2) is 0 Å². The van der Waals surface area contributed by atoms with Crippen LogP contribution in [-0.2, 0) is 0 Å². The van der Waals surface area contributed by atoms with Gasteiger partial charge < -0.3 is 19.9 Å². The van der Waals surface area contributed by atoms with Gasteiger partial charge in [-0.05, 0) is 48.0 Å². The summed E-state index contributed by atoms with van der Waals surface area (Å²) in [4.78, 5) is 12.6. The van der Waals surface area contributed by atoms with Crippen molar-refractivity contribution in [3.63, 3.8) is 0 Å². The van der Waals surface area contributed by atoms with Crippen molar-refractivity contribution in [1.29, 1.82) is 5.26 Å². The van der Waals surface area contributed by atoms with Gasteiger partial charge in [0.05, 0.1) is 11.5 Å². The van der Waals surface area contributed by atoms with Gasteiger partial charge in [-0.2, -0.15) is 5.26 Å². The number of hydrogen-bond donors (Lipinski definition) is 1. The normalized spacial score (nSPS) is 14.5. The number of allylic oxidation sites excluding steroid dienone is 1. The summed E-state index contributed by atoms with van der Waals surface area (Å²) < 4.78 is 16.6. The van der Waals surface area contributed by atoms with E-state index in [9.17, 15) is 10.1 Å². The van der Waals surface area contributed by atoms with E-state index in [4.69, 9.17) is 31.5 Å². The molecule has 0 fully saturated rings. The minimum Gasteiger partial charge on any atom is -0.490 e. The van der Waals surface area contributed by atoms with E-state index in [1.54, 1.807) is 60.7 Å². The number of fused-ring (bicyclic) bond motifs is 1. The number of nitrogens with zero attached hydrogens (tertiary/aromatic N) is 1. The summed E-state index contributed by atoms with van der Waals surface area (Å²) >= 11 is 6.16. The third-order valence-electron chi connectivity index (χ3n) is 5.04. The van der Waals surface area contributed by atoms with E-state index in [0.717, 1.165) is 5.56 Å². The number of nitrogens with two attached hydrogens (primary N) is 1. The van der Waals surface area contributed by atoms with Gasteiger partial charge in [0.1, 0.15) is 35.5 Å². The van der Waals surface area contributed by atoms with Crippen LogP contribution in [0.5, 0.6) is 17.2 Å². The van der Waals surface area contributed by atoms with Crippen LogP contribution in [0.2, 0.25) is 5.02 Å². The molecule has 0 aromatic heterocycles. The van der Waals surface area contributed by atoms with Gasteiger partial charge >= 0.3 is 5.97 Å². The molecule has 4 rings (SSSR count). The first-order valence-corrected chi connectivity index (χ1v) is 10.4. The molecule has 0 bridgehead atoms. The number of nitriles is 1. The van der Waals surface area contributed by atoms with Crippen molar-refractivity contribution in [1.82, 2.24) is 0 Å². The Labute approximate surface area is 196 Å². The largest absolute Gasteiger partial charge is 0.490 e. The van der Waals surface area contributed by atoms with Crippen LogP contribution in [0.15, 0.2) is 90.8 Å². The Balaban J connectivity index is 1.60. The molecule has 1 aliphatic rings. The molecule has 7 heteroatoms. The molecule has 0 saturated carbocycles. The SMILES string of the molecule is C=CCOc1ccc(C(=O)Oc2ccc3c(c2)OC(N)=C(C#N)C3c2cccc(Cl)c2)cc1. The van der Waals surface area contributed by atoms with Gasteiger partial charge in [-0.1, -0.05) is 42.5 Å². The van der Waals surface area contributed by atoms with Crippen molar-refractivity contribution in [2.45, 2.75) is 5.92 Å².